The summed E-state index contributed by atoms with van der Waals surface area (Å²) in [5, 5.41) is 17.7. The molecule has 0 bridgehead atoms. The molecular formula is C21H17BClF2NO6. The van der Waals surface area contributed by atoms with Crippen LogP contribution in [0.5, 0.6) is 0 Å². The number of hydrogen-bond donors (Lipinski definition) is 2. The van der Waals surface area contributed by atoms with E-state index in [9.17, 15) is 18.4 Å². The van der Waals surface area contributed by atoms with Crippen LogP contribution in [0, 0.1) is 11.6 Å². The van der Waals surface area contributed by atoms with Gasteiger partial charge in [0.2, 0.25) is 0 Å². The number of benzene rings is 2. The fraction of sp³-hybridized carbons (Fsp3) is 0.0952. The number of aromatic nitrogens is 1. The Hall–Kier alpha value is -3.34. The largest absolute Gasteiger partial charge is 0.491 e. The molecule has 2 N–H and O–H groups in total. The van der Waals surface area contributed by atoms with Gasteiger partial charge in [-0.1, -0.05) is 17.7 Å². The maximum absolute atomic E-state index is 13.9. The maximum atomic E-state index is 13.9. The monoisotopic (exact) mass is 463 g/mol. The minimum Gasteiger partial charge on any atom is -0.465 e. The summed E-state index contributed by atoms with van der Waals surface area (Å²) in [6.45, 7) is 0. The van der Waals surface area contributed by atoms with Crippen molar-refractivity contribution in [1.82, 2.24) is 4.98 Å². The van der Waals surface area contributed by atoms with Crippen molar-refractivity contribution < 1.29 is 37.9 Å². The first-order valence-electron chi connectivity index (χ1n) is 8.92. The second-order valence-corrected chi connectivity index (χ2v) is 6.53. The van der Waals surface area contributed by atoms with E-state index >= 15 is 0 Å². The Morgan fingerprint density at radius 2 is 1.50 bits per heavy atom. The lowest BCUT2D eigenvalue weighted by Crippen LogP contribution is -2.32. The van der Waals surface area contributed by atoms with Crippen molar-refractivity contribution in [1.29, 1.82) is 0 Å². The Balaban J connectivity index is 0.000000235. The summed E-state index contributed by atoms with van der Waals surface area (Å²) in [5.74, 6) is -2.70. The van der Waals surface area contributed by atoms with Crippen molar-refractivity contribution in [2.75, 3.05) is 14.2 Å². The normalized spacial score (nSPS) is 9.97. The van der Waals surface area contributed by atoms with Crippen LogP contribution in [0.15, 0.2) is 54.7 Å². The van der Waals surface area contributed by atoms with Crippen molar-refractivity contribution in [2.45, 2.75) is 0 Å². The summed E-state index contributed by atoms with van der Waals surface area (Å²) >= 11 is 5.94. The van der Waals surface area contributed by atoms with Crippen molar-refractivity contribution in [2.24, 2.45) is 0 Å². The summed E-state index contributed by atoms with van der Waals surface area (Å²) in [4.78, 5) is 26.2. The molecule has 32 heavy (non-hydrogen) atoms. The number of methoxy groups -OCH3 is 2. The topological polar surface area (TPSA) is 106 Å². The van der Waals surface area contributed by atoms with Crippen LogP contribution < -0.4 is 5.46 Å². The number of esters is 2. The predicted molar refractivity (Wildman–Crippen MR) is 114 cm³/mol. The number of halogens is 3. The van der Waals surface area contributed by atoms with Crippen molar-refractivity contribution >= 4 is 36.1 Å². The van der Waals surface area contributed by atoms with Crippen LogP contribution in [0.2, 0.25) is 5.02 Å². The summed E-state index contributed by atoms with van der Waals surface area (Å²) in [6, 6.07) is 10.6. The van der Waals surface area contributed by atoms with E-state index in [4.69, 9.17) is 21.6 Å². The fourth-order valence-electron chi connectivity index (χ4n) is 2.52. The molecule has 0 aliphatic carbocycles. The molecule has 0 fully saturated rings. The van der Waals surface area contributed by atoms with E-state index in [-0.39, 0.29) is 22.2 Å². The van der Waals surface area contributed by atoms with Crippen LogP contribution in [0.4, 0.5) is 8.78 Å². The van der Waals surface area contributed by atoms with E-state index in [0.717, 1.165) is 18.2 Å². The van der Waals surface area contributed by atoms with Gasteiger partial charge in [0.05, 0.1) is 36.1 Å². The molecule has 0 amide bonds. The van der Waals surface area contributed by atoms with Gasteiger partial charge in [-0.05, 0) is 42.5 Å². The third-order valence-corrected chi connectivity index (χ3v) is 4.41. The van der Waals surface area contributed by atoms with Crippen LogP contribution >= 0.6 is 11.6 Å². The lowest BCUT2D eigenvalue weighted by molar-refractivity contribution is 0.0591. The number of carbonyl (C=O) groups excluding carboxylic acids is 2. The van der Waals surface area contributed by atoms with Gasteiger partial charge < -0.3 is 19.5 Å². The highest BCUT2D eigenvalue weighted by Gasteiger charge is 2.18. The summed E-state index contributed by atoms with van der Waals surface area (Å²) in [7, 11) is 0.528. The quantitative estimate of drug-likeness (QED) is 0.452. The molecular weight excluding hydrogens is 446 g/mol. The minimum absolute atomic E-state index is 0.0226. The molecule has 1 aromatic heterocycles. The van der Waals surface area contributed by atoms with Crippen molar-refractivity contribution in [3.63, 3.8) is 0 Å². The Bertz CT molecular complexity index is 1130. The molecule has 11 heteroatoms. The minimum atomic E-state index is -1.89. The van der Waals surface area contributed by atoms with Gasteiger partial charge in [0, 0.05) is 17.2 Å². The second-order valence-electron chi connectivity index (χ2n) is 6.12. The molecule has 0 atom stereocenters. The van der Waals surface area contributed by atoms with Gasteiger partial charge in [-0.15, -0.1) is 0 Å². The summed E-state index contributed by atoms with van der Waals surface area (Å²) in [6.07, 6.45) is 1.52. The van der Waals surface area contributed by atoms with E-state index in [2.05, 4.69) is 14.5 Å². The van der Waals surface area contributed by atoms with Crippen LogP contribution in [0.3, 0.4) is 0 Å². The van der Waals surface area contributed by atoms with Crippen LogP contribution in [0.25, 0.3) is 11.3 Å². The van der Waals surface area contributed by atoms with Crippen molar-refractivity contribution in [3.05, 3.63) is 82.5 Å². The van der Waals surface area contributed by atoms with E-state index < -0.39 is 30.7 Å². The van der Waals surface area contributed by atoms with Gasteiger partial charge in [0.25, 0.3) is 0 Å². The van der Waals surface area contributed by atoms with E-state index in [1.807, 2.05) is 0 Å². The van der Waals surface area contributed by atoms with Gasteiger partial charge in [-0.3, -0.25) is 4.98 Å². The van der Waals surface area contributed by atoms with Gasteiger partial charge in [-0.2, -0.15) is 0 Å². The predicted octanol–water partition coefficient (Wildman–Crippen LogP) is 2.62. The van der Waals surface area contributed by atoms with Crippen LogP contribution in [-0.4, -0.2) is 48.3 Å². The number of pyridine rings is 1. The average molecular weight is 464 g/mol. The number of ether oxygens (including phenoxy) is 2. The molecule has 0 unspecified atom stereocenters. The van der Waals surface area contributed by atoms with Crippen LogP contribution in [-0.2, 0) is 9.47 Å². The standard InChI is InChI=1S/C13H9ClFNO2.C8H8BFO4/c1-18-13(17)8-4-5-9(11(15)7-8)12-10(14)3-2-6-16-12;1-14-8(11)5-2-3-6(9(12)13)7(10)4-5/h2-7H,1H3;2-4,12-13H,1H3. The molecule has 3 rings (SSSR count). The molecule has 0 aliphatic rings. The zero-order chi connectivity index (χ0) is 23.8. The Morgan fingerprint density at radius 1 is 0.938 bits per heavy atom. The first-order chi connectivity index (χ1) is 15.2. The van der Waals surface area contributed by atoms with Gasteiger partial charge in [0.1, 0.15) is 11.6 Å². The molecule has 0 saturated heterocycles. The van der Waals surface area contributed by atoms with E-state index in [1.54, 1.807) is 12.1 Å². The van der Waals surface area contributed by atoms with Gasteiger partial charge >= 0.3 is 19.1 Å². The number of hydrogen-bond acceptors (Lipinski definition) is 7. The van der Waals surface area contributed by atoms with Crippen LogP contribution in [0.1, 0.15) is 20.7 Å². The second kappa shape index (κ2) is 11.3. The zero-order valence-corrected chi connectivity index (χ0v) is 17.6. The molecule has 7 nitrogen and oxygen atoms in total. The highest BCUT2D eigenvalue weighted by molar-refractivity contribution is 6.58. The molecule has 3 aromatic rings. The van der Waals surface area contributed by atoms with Crippen molar-refractivity contribution in [3.8, 4) is 11.3 Å². The molecule has 166 valence electrons. The average Bonchev–Trinajstić information content (AvgIpc) is 2.78. The fourth-order valence-corrected chi connectivity index (χ4v) is 2.74. The summed E-state index contributed by atoms with van der Waals surface area (Å²) < 4.78 is 35.9. The molecule has 0 saturated carbocycles. The summed E-state index contributed by atoms with van der Waals surface area (Å²) in [5.41, 5.74) is 0.471. The number of carbonyl (C=O) groups is 2. The van der Waals surface area contributed by atoms with Gasteiger partial charge in [-0.25, -0.2) is 18.4 Å². The first kappa shape index (κ1) is 24.9. The lowest BCUT2D eigenvalue weighted by atomic mass is 9.79. The molecule has 0 spiro atoms. The smallest absolute Gasteiger partial charge is 0.465 e. The van der Waals surface area contributed by atoms with E-state index in [1.165, 1.54) is 38.6 Å². The number of rotatable bonds is 4. The van der Waals surface area contributed by atoms with Gasteiger partial charge in [0.15, 0.2) is 0 Å². The highest BCUT2D eigenvalue weighted by atomic mass is 35.5. The molecule has 0 aliphatic heterocycles. The third kappa shape index (κ3) is 6.10. The van der Waals surface area contributed by atoms with E-state index in [0.29, 0.717) is 10.7 Å². The maximum Gasteiger partial charge on any atom is 0.491 e. The molecule has 2 aromatic carbocycles. The first-order valence-corrected chi connectivity index (χ1v) is 9.30. The SMILES string of the molecule is COC(=O)c1ccc(-c2ncccc2Cl)c(F)c1.COC(=O)c1ccc(B(O)O)c(F)c1. The lowest BCUT2D eigenvalue weighted by Gasteiger charge is -2.06. The Kier molecular flexibility index (Phi) is 8.83. The Labute approximate surface area is 187 Å². The molecule has 0 radical (unpaired) electrons. The molecule has 1 heterocycles. The third-order valence-electron chi connectivity index (χ3n) is 4.10. The highest BCUT2D eigenvalue weighted by Crippen LogP contribution is 2.28. The number of nitrogens with zero attached hydrogens (tertiary/aromatic N) is 1. The Morgan fingerprint density at radius 3 is 1.97 bits per heavy atom. The zero-order valence-electron chi connectivity index (χ0n) is 16.9.